The zero-order valence-electron chi connectivity index (χ0n) is 10.8. The molecule has 20 heavy (non-hydrogen) atoms. The van der Waals surface area contributed by atoms with E-state index in [0.717, 1.165) is 5.56 Å². The van der Waals surface area contributed by atoms with Gasteiger partial charge in [0.15, 0.2) is 5.75 Å². The molecule has 0 saturated carbocycles. The van der Waals surface area contributed by atoms with Crippen LogP contribution in [-0.4, -0.2) is 28.8 Å². The Morgan fingerprint density at radius 3 is 2.45 bits per heavy atom. The molecule has 1 aromatic carbocycles. The van der Waals surface area contributed by atoms with E-state index in [1.54, 1.807) is 23.1 Å². The highest BCUT2D eigenvalue weighted by Gasteiger charge is 2.30. The van der Waals surface area contributed by atoms with Gasteiger partial charge in [-0.1, -0.05) is 47.2 Å². The zero-order valence-corrected chi connectivity index (χ0v) is 13.9. The molecular weight excluding hydrogens is 337 g/mol. The van der Waals surface area contributed by atoms with Crippen molar-refractivity contribution in [3.8, 4) is 5.75 Å². The Bertz CT molecular complexity index is 593. The number of nitrogens with zero attached hydrogens (tertiary/aromatic N) is 1. The number of halogens is 2. The third-order valence-corrected chi connectivity index (χ3v) is 4.65. The molecule has 1 aliphatic rings. The summed E-state index contributed by atoms with van der Waals surface area (Å²) < 4.78 is 5.65. The van der Waals surface area contributed by atoms with Crippen LogP contribution in [0, 0.1) is 0 Å². The summed E-state index contributed by atoms with van der Waals surface area (Å²) in [5.74, 6) is 0.331. The van der Waals surface area contributed by atoms with Gasteiger partial charge in [0.05, 0.1) is 22.1 Å². The lowest BCUT2D eigenvalue weighted by atomic mass is 10.2. The Kier molecular flexibility index (Phi) is 4.96. The highest BCUT2D eigenvalue weighted by molar-refractivity contribution is 8.26. The number of thioether (sulfide) groups is 1. The van der Waals surface area contributed by atoms with E-state index in [9.17, 15) is 4.79 Å². The van der Waals surface area contributed by atoms with E-state index >= 15 is 0 Å². The Balaban J connectivity index is 2.37. The molecule has 0 spiro atoms. The van der Waals surface area contributed by atoms with Crippen molar-refractivity contribution in [2.24, 2.45) is 0 Å². The van der Waals surface area contributed by atoms with Crippen molar-refractivity contribution in [2.45, 2.75) is 6.92 Å². The minimum Gasteiger partial charge on any atom is -0.494 e. The molecule has 1 heterocycles. The fourth-order valence-electron chi connectivity index (χ4n) is 1.78. The summed E-state index contributed by atoms with van der Waals surface area (Å²) in [6.45, 7) is 2.45. The van der Waals surface area contributed by atoms with Crippen LogP contribution in [0.4, 0.5) is 0 Å². The van der Waals surface area contributed by atoms with Crippen molar-refractivity contribution in [2.75, 3.05) is 13.7 Å². The van der Waals surface area contributed by atoms with E-state index in [0.29, 0.717) is 31.6 Å². The van der Waals surface area contributed by atoms with E-state index in [4.69, 9.17) is 40.2 Å². The Morgan fingerprint density at radius 2 is 2.00 bits per heavy atom. The Morgan fingerprint density at radius 1 is 1.40 bits per heavy atom. The number of rotatable bonds is 3. The van der Waals surface area contributed by atoms with E-state index < -0.39 is 0 Å². The van der Waals surface area contributed by atoms with E-state index in [1.807, 2.05) is 6.92 Å². The van der Waals surface area contributed by atoms with Gasteiger partial charge >= 0.3 is 0 Å². The second-order valence-corrected chi connectivity index (χ2v) is 6.43. The van der Waals surface area contributed by atoms with Crippen LogP contribution in [0.15, 0.2) is 17.0 Å². The number of benzene rings is 1. The smallest absolute Gasteiger partial charge is 0.266 e. The fourth-order valence-corrected chi connectivity index (χ4v) is 3.82. The summed E-state index contributed by atoms with van der Waals surface area (Å²) in [5.41, 5.74) is 0.734. The third kappa shape index (κ3) is 2.96. The monoisotopic (exact) mass is 347 g/mol. The van der Waals surface area contributed by atoms with Crippen LogP contribution in [0.25, 0.3) is 6.08 Å². The molecule has 0 radical (unpaired) electrons. The average Bonchev–Trinajstić information content (AvgIpc) is 2.63. The molecule has 0 bridgehead atoms. The predicted molar refractivity (Wildman–Crippen MR) is 88.6 cm³/mol. The maximum Gasteiger partial charge on any atom is 0.266 e. The summed E-state index contributed by atoms with van der Waals surface area (Å²) >= 11 is 18.6. The molecule has 3 nitrogen and oxygen atoms in total. The van der Waals surface area contributed by atoms with Gasteiger partial charge < -0.3 is 4.74 Å². The number of methoxy groups -OCH3 is 1. The minimum atomic E-state index is -0.0921. The number of carbonyl (C=O) groups is 1. The second kappa shape index (κ2) is 6.35. The van der Waals surface area contributed by atoms with Crippen molar-refractivity contribution in [3.05, 3.63) is 32.6 Å². The fraction of sp³-hybridized carbons (Fsp3) is 0.231. The molecule has 106 valence electrons. The van der Waals surface area contributed by atoms with Crippen LogP contribution >= 0.6 is 47.2 Å². The molecule has 0 aromatic heterocycles. The highest BCUT2D eigenvalue weighted by atomic mass is 35.5. The lowest BCUT2D eigenvalue weighted by molar-refractivity contribution is -0.121. The number of amides is 1. The summed E-state index contributed by atoms with van der Waals surface area (Å²) in [7, 11) is 1.50. The highest BCUT2D eigenvalue weighted by Crippen LogP contribution is 2.37. The molecular formula is C13H11Cl2NO2S2. The van der Waals surface area contributed by atoms with Crippen LogP contribution in [0.3, 0.4) is 0 Å². The molecule has 7 heteroatoms. The van der Waals surface area contributed by atoms with Gasteiger partial charge in [-0.2, -0.15) is 0 Å². The molecule has 2 rings (SSSR count). The molecule has 0 N–H and O–H groups in total. The van der Waals surface area contributed by atoms with Crippen molar-refractivity contribution in [3.63, 3.8) is 0 Å². The van der Waals surface area contributed by atoms with Gasteiger partial charge in [0, 0.05) is 6.54 Å². The maximum absolute atomic E-state index is 12.1. The van der Waals surface area contributed by atoms with Crippen molar-refractivity contribution in [1.29, 1.82) is 0 Å². The molecule has 1 amide bonds. The quantitative estimate of drug-likeness (QED) is 0.604. The average molecular weight is 348 g/mol. The number of hydrogen-bond donors (Lipinski definition) is 0. The maximum atomic E-state index is 12.1. The van der Waals surface area contributed by atoms with Crippen LogP contribution in [-0.2, 0) is 4.79 Å². The van der Waals surface area contributed by atoms with Gasteiger partial charge in [0.1, 0.15) is 4.32 Å². The van der Waals surface area contributed by atoms with Gasteiger partial charge in [-0.05, 0) is 30.7 Å². The SMILES string of the molecule is CCN1C(=O)/C(=C\c2cc(Cl)c(OC)c(Cl)c2)SC1=S. The van der Waals surface area contributed by atoms with E-state index in [-0.39, 0.29) is 5.91 Å². The normalized spacial score (nSPS) is 17.2. The Hall–Kier alpha value is -0.750. The number of thiocarbonyl (C=S) groups is 1. The second-order valence-electron chi connectivity index (χ2n) is 3.94. The first-order valence-electron chi connectivity index (χ1n) is 5.76. The van der Waals surface area contributed by atoms with Crippen LogP contribution in [0.5, 0.6) is 5.75 Å². The zero-order chi connectivity index (χ0) is 14.9. The lowest BCUT2D eigenvalue weighted by Gasteiger charge is -2.09. The Labute approximate surface area is 136 Å². The topological polar surface area (TPSA) is 29.5 Å². The van der Waals surface area contributed by atoms with E-state index in [2.05, 4.69) is 0 Å². The number of carbonyl (C=O) groups excluding carboxylic acids is 1. The van der Waals surface area contributed by atoms with Crippen LogP contribution < -0.4 is 4.74 Å². The van der Waals surface area contributed by atoms with Gasteiger partial charge in [-0.3, -0.25) is 9.69 Å². The molecule has 1 saturated heterocycles. The van der Waals surface area contributed by atoms with Crippen LogP contribution in [0.1, 0.15) is 12.5 Å². The molecule has 0 atom stereocenters. The van der Waals surface area contributed by atoms with Gasteiger partial charge in [-0.15, -0.1) is 0 Å². The van der Waals surface area contributed by atoms with Gasteiger partial charge in [0.2, 0.25) is 0 Å². The van der Waals surface area contributed by atoms with Crippen molar-refractivity contribution in [1.82, 2.24) is 4.90 Å². The first-order chi connectivity index (χ1) is 9.47. The molecule has 1 aliphatic heterocycles. The number of ether oxygens (including phenoxy) is 1. The summed E-state index contributed by atoms with van der Waals surface area (Å²) in [6, 6.07) is 3.40. The minimum absolute atomic E-state index is 0.0921. The van der Waals surface area contributed by atoms with E-state index in [1.165, 1.54) is 18.9 Å². The number of hydrogen-bond acceptors (Lipinski definition) is 4. The molecule has 1 fully saturated rings. The molecule has 1 aromatic rings. The summed E-state index contributed by atoms with van der Waals surface area (Å²) in [4.78, 5) is 14.2. The molecule has 0 unspecified atom stereocenters. The summed E-state index contributed by atoms with van der Waals surface area (Å²) in [5, 5.41) is 0.800. The first-order valence-corrected chi connectivity index (χ1v) is 7.74. The largest absolute Gasteiger partial charge is 0.494 e. The number of likely N-dealkylation sites (N-methyl/N-ethyl adjacent to an activating group) is 1. The van der Waals surface area contributed by atoms with Crippen molar-refractivity contribution < 1.29 is 9.53 Å². The van der Waals surface area contributed by atoms with Gasteiger partial charge in [-0.25, -0.2) is 0 Å². The predicted octanol–water partition coefficient (Wildman–Crippen LogP) is 4.22. The third-order valence-electron chi connectivity index (χ3n) is 2.71. The first kappa shape index (κ1) is 15.6. The lowest BCUT2D eigenvalue weighted by Crippen LogP contribution is -2.27. The van der Waals surface area contributed by atoms with Gasteiger partial charge in [0.25, 0.3) is 5.91 Å². The van der Waals surface area contributed by atoms with Crippen LogP contribution in [0.2, 0.25) is 10.0 Å². The molecule has 0 aliphatic carbocycles. The summed E-state index contributed by atoms with van der Waals surface area (Å²) in [6.07, 6.45) is 1.73. The standard InChI is InChI=1S/C13H11Cl2NO2S2/c1-3-16-12(17)10(20-13(16)19)6-7-4-8(14)11(18-2)9(15)5-7/h4-6H,3H2,1-2H3/b10-6+. The van der Waals surface area contributed by atoms with Crippen molar-refractivity contribution >= 4 is 63.5 Å².